The van der Waals surface area contributed by atoms with Gasteiger partial charge >= 0.3 is 0 Å². The predicted octanol–water partition coefficient (Wildman–Crippen LogP) is 3.90. The second-order valence-electron chi connectivity index (χ2n) is 5.37. The van der Waals surface area contributed by atoms with Gasteiger partial charge in [0.05, 0.1) is 12.9 Å². The lowest BCUT2D eigenvalue weighted by Crippen LogP contribution is -2.23. The second kappa shape index (κ2) is 4.18. The van der Waals surface area contributed by atoms with E-state index >= 15 is 0 Å². The van der Waals surface area contributed by atoms with Crippen molar-refractivity contribution in [1.29, 1.82) is 0 Å². The Kier molecular flexibility index (Phi) is 2.83. The Balaban J connectivity index is 1.84. The third-order valence-electron chi connectivity index (χ3n) is 4.67. The summed E-state index contributed by atoms with van der Waals surface area (Å²) < 4.78 is 5.40. The van der Waals surface area contributed by atoms with Crippen molar-refractivity contribution < 1.29 is 4.74 Å². The standard InChI is InChI=1S/C14H21OP/c1-15-11-4-5-12-10(9-11)3-6-14-13(12)7-8-16(14)2/h4,13-14H,3,5-9H2,1-2H3/t13-,14-,16?/m1/s1. The molecule has 0 bridgehead atoms. The van der Waals surface area contributed by atoms with Crippen LogP contribution in [0.4, 0.5) is 0 Å². The quantitative estimate of drug-likeness (QED) is 0.495. The fraction of sp³-hybridized carbons (Fsp3) is 0.714. The van der Waals surface area contributed by atoms with E-state index in [1.807, 2.05) is 12.7 Å². The van der Waals surface area contributed by atoms with E-state index in [0.717, 1.165) is 18.0 Å². The zero-order valence-electron chi connectivity index (χ0n) is 10.3. The van der Waals surface area contributed by atoms with Crippen molar-refractivity contribution in [1.82, 2.24) is 0 Å². The van der Waals surface area contributed by atoms with Crippen LogP contribution in [-0.4, -0.2) is 25.6 Å². The third kappa shape index (κ3) is 1.64. The Bertz CT molecular complexity index is 356. The Labute approximate surface area is 99.7 Å². The van der Waals surface area contributed by atoms with Crippen molar-refractivity contribution in [3.05, 3.63) is 23.0 Å². The van der Waals surface area contributed by atoms with E-state index in [-0.39, 0.29) is 0 Å². The molecule has 0 aromatic rings. The first-order chi connectivity index (χ1) is 7.79. The number of fused-ring (bicyclic) bond motifs is 2. The molecule has 1 saturated heterocycles. The SMILES string of the molecule is COC1=CCC2=C(CC[C@@H]3[C@@H]2CCP3C)C1. The maximum atomic E-state index is 5.40. The largest absolute Gasteiger partial charge is 0.501 e. The number of hydrogen-bond donors (Lipinski definition) is 0. The zero-order valence-corrected chi connectivity index (χ0v) is 11.2. The summed E-state index contributed by atoms with van der Waals surface area (Å²) >= 11 is 0. The van der Waals surface area contributed by atoms with Crippen LogP contribution in [0.25, 0.3) is 0 Å². The van der Waals surface area contributed by atoms with Gasteiger partial charge in [-0.25, -0.2) is 0 Å². The fourth-order valence-corrected chi connectivity index (χ4v) is 6.27. The molecule has 1 unspecified atom stereocenters. The molecule has 16 heavy (non-hydrogen) atoms. The maximum Gasteiger partial charge on any atom is 0.0959 e. The summed E-state index contributed by atoms with van der Waals surface area (Å²) in [5, 5.41) is 0. The summed E-state index contributed by atoms with van der Waals surface area (Å²) in [6, 6.07) is 0. The molecule has 3 atom stereocenters. The molecule has 0 aromatic heterocycles. The van der Waals surface area contributed by atoms with E-state index in [0.29, 0.717) is 7.92 Å². The Morgan fingerprint density at radius 2 is 2.25 bits per heavy atom. The van der Waals surface area contributed by atoms with Crippen LogP contribution in [0.1, 0.15) is 32.1 Å². The third-order valence-corrected chi connectivity index (χ3v) is 7.38. The van der Waals surface area contributed by atoms with Crippen LogP contribution in [-0.2, 0) is 4.74 Å². The van der Waals surface area contributed by atoms with Crippen LogP contribution >= 0.6 is 7.92 Å². The molecule has 0 radical (unpaired) electrons. The summed E-state index contributed by atoms with van der Waals surface area (Å²) in [5.74, 6) is 2.16. The van der Waals surface area contributed by atoms with Gasteiger partial charge in [-0.2, -0.15) is 0 Å². The first-order valence-corrected chi connectivity index (χ1v) is 8.48. The maximum absolute atomic E-state index is 5.40. The average molecular weight is 236 g/mol. The molecule has 0 aromatic carbocycles. The van der Waals surface area contributed by atoms with Gasteiger partial charge in [0.2, 0.25) is 0 Å². The highest BCUT2D eigenvalue weighted by Gasteiger charge is 2.39. The van der Waals surface area contributed by atoms with E-state index in [1.54, 1.807) is 5.57 Å². The summed E-state index contributed by atoms with van der Waals surface area (Å²) in [5.41, 5.74) is 4.60. The predicted molar refractivity (Wildman–Crippen MR) is 70.2 cm³/mol. The van der Waals surface area contributed by atoms with Crippen LogP contribution < -0.4 is 0 Å². The van der Waals surface area contributed by atoms with Crippen LogP contribution in [0.2, 0.25) is 0 Å². The van der Waals surface area contributed by atoms with Gasteiger partial charge in [-0.1, -0.05) is 11.1 Å². The number of ether oxygens (including phenoxy) is 1. The molecule has 3 rings (SSSR count). The lowest BCUT2D eigenvalue weighted by Gasteiger charge is -2.35. The minimum Gasteiger partial charge on any atom is -0.501 e. The highest BCUT2D eigenvalue weighted by Crippen LogP contribution is 2.58. The minimum atomic E-state index is 0.344. The lowest BCUT2D eigenvalue weighted by molar-refractivity contribution is 0.276. The van der Waals surface area contributed by atoms with Crippen molar-refractivity contribution in [2.24, 2.45) is 5.92 Å². The lowest BCUT2D eigenvalue weighted by atomic mass is 9.76. The van der Waals surface area contributed by atoms with Crippen molar-refractivity contribution in [2.75, 3.05) is 19.9 Å². The van der Waals surface area contributed by atoms with E-state index in [9.17, 15) is 0 Å². The van der Waals surface area contributed by atoms with E-state index < -0.39 is 0 Å². The van der Waals surface area contributed by atoms with Gasteiger partial charge in [-0.05, 0) is 56.2 Å². The molecule has 1 fully saturated rings. The molecule has 3 aliphatic rings. The Morgan fingerprint density at radius 1 is 1.38 bits per heavy atom. The van der Waals surface area contributed by atoms with Crippen molar-refractivity contribution in [2.45, 2.75) is 37.8 Å². The molecule has 0 spiro atoms. The summed E-state index contributed by atoms with van der Waals surface area (Å²) in [4.78, 5) is 0. The first kappa shape index (κ1) is 10.8. The molecular formula is C14H21OP. The van der Waals surface area contributed by atoms with Crippen LogP contribution in [0.3, 0.4) is 0 Å². The van der Waals surface area contributed by atoms with Gasteiger partial charge in [0, 0.05) is 6.42 Å². The average Bonchev–Trinajstić information content (AvgIpc) is 2.70. The highest BCUT2D eigenvalue weighted by atomic mass is 31.1. The number of hydrogen-bond acceptors (Lipinski definition) is 1. The van der Waals surface area contributed by atoms with Gasteiger partial charge < -0.3 is 4.74 Å². The molecule has 1 nitrogen and oxygen atoms in total. The minimum absolute atomic E-state index is 0.344. The van der Waals surface area contributed by atoms with E-state index in [2.05, 4.69) is 12.7 Å². The van der Waals surface area contributed by atoms with Gasteiger partial charge in [-0.3, -0.25) is 0 Å². The normalized spacial score (nSPS) is 37.9. The molecule has 2 aliphatic carbocycles. The van der Waals surface area contributed by atoms with Crippen molar-refractivity contribution in [3.63, 3.8) is 0 Å². The van der Waals surface area contributed by atoms with Crippen LogP contribution in [0.5, 0.6) is 0 Å². The van der Waals surface area contributed by atoms with Crippen LogP contribution in [0.15, 0.2) is 23.0 Å². The molecular weight excluding hydrogens is 215 g/mol. The monoisotopic (exact) mass is 236 g/mol. The Morgan fingerprint density at radius 3 is 3.06 bits per heavy atom. The van der Waals surface area contributed by atoms with Gasteiger partial charge in [0.1, 0.15) is 0 Å². The van der Waals surface area contributed by atoms with Gasteiger partial charge in [0.15, 0.2) is 0 Å². The summed E-state index contributed by atoms with van der Waals surface area (Å²) in [6.45, 7) is 2.52. The molecule has 88 valence electrons. The first-order valence-electron chi connectivity index (χ1n) is 6.43. The van der Waals surface area contributed by atoms with Crippen molar-refractivity contribution >= 4 is 7.92 Å². The molecule has 1 heterocycles. The fourth-order valence-electron chi connectivity index (χ4n) is 3.74. The van der Waals surface area contributed by atoms with Gasteiger partial charge in [-0.15, -0.1) is 7.92 Å². The number of methoxy groups -OCH3 is 1. The molecule has 1 aliphatic heterocycles. The van der Waals surface area contributed by atoms with E-state index in [4.69, 9.17) is 4.74 Å². The Hall–Kier alpha value is -0.290. The summed E-state index contributed by atoms with van der Waals surface area (Å²) in [6.07, 6.45) is 10.4. The number of allylic oxidation sites excluding steroid dienone is 3. The van der Waals surface area contributed by atoms with E-state index in [1.165, 1.54) is 37.6 Å². The topological polar surface area (TPSA) is 9.23 Å². The highest BCUT2D eigenvalue weighted by molar-refractivity contribution is 7.58. The molecule has 0 N–H and O–H groups in total. The zero-order chi connectivity index (χ0) is 11.1. The molecule has 0 amide bonds. The van der Waals surface area contributed by atoms with Crippen molar-refractivity contribution in [3.8, 4) is 0 Å². The summed E-state index contributed by atoms with van der Waals surface area (Å²) in [7, 11) is 2.15. The number of rotatable bonds is 1. The van der Waals surface area contributed by atoms with Gasteiger partial charge in [0.25, 0.3) is 0 Å². The smallest absolute Gasteiger partial charge is 0.0959 e. The molecule has 0 saturated carbocycles. The van der Waals surface area contributed by atoms with Crippen LogP contribution in [0, 0.1) is 5.92 Å². The second-order valence-corrected chi connectivity index (χ2v) is 7.99. The molecule has 2 heteroatoms.